The molecule has 0 N–H and O–H groups in total. The fourth-order valence-electron chi connectivity index (χ4n) is 0.949. The van der Waals surface area contributed by atoms with Crippen LogP contribution in [0.5, 0.6) is 5.75 Å². The van der Waals surface area contributed by atoms with Gasteiger partial charge in [0.1, 0.15) is 5.75 Å². The summed E-state index contributed by atoms with van der Waals surface area (Å²) < 4.78 is 10.2. The second kappa shape index (κ2) is 5.37. The third kappa shape index (κ3) is 3.46. The van der Waals surface area contributed by atoms with Gasteiger partial charge in [0.25, 0.3) is 0 Å². The monoisotopic (exact) mass is 218 g/mol. The summed E-state index contributed by atoms with van der Waals surface area (Å²) in [6.07, 6.45) is 1.88. The number of hydrogen-bond donors (Lipinski definition) is 0. The van der Waals surface area contributed by atoms with Crippen LogP contribution in [-0.2, 0) is 10.8 Å². The van der Waals surface area contributed by atoms with E-state index in [-0.39, 0.29) is 0 Å². The van der Waals surface area contributed by atoms with E-state index in [0.717, 1.165) is 11.3 Å². The molecule has 0 saturated heterocycles. The Morgan fingerprint density at radius 3 is 2.77 bits per heavy atom. The van der Waals surface area contributed by atoms with Crippen molar-refractivity contribution in [2.45, 2.75) is 6.61 Å². The summed E-state index contributed by atoms with van der Waals surface area (Å²) in [5.41, 5.74) is 1.01. The quantitative estimate of drug-likeness (QED) is 0.724. The van der Waals surface area contributed by atoms with E-state index in [0.29, 0.717) is 11.6 Å². The largest absolute Gasteiger partial charge is 0.497 e. The van der Waals surface area contributed by atoms with E-state index in [2.05, 4.69) is 0 Å². The summed E-state index contributed by atoms with van der Waals surface area (Å²) in [7, 11) is 1.62. The predicted molar refractivity (Wildman–Crippen MR) is 56.3 cm³/mol. The lowest BCUT2D eigenvalue weighted by atomic mass is 10.2. The van der Waals surface area contributed by atoms with Crippen LogP contribution in [0.15, 0.2) is 18.2 Å². The number of halogens is 1. The summed E-state index contributed by atoms with van der Waals surface area (Å²) >= 11 is 7.20. The van der Waals surface area contributed by atoms with Gasteiger partial charge in [-0.1, -0.05) is 11.6 Å². The van der Waals surface area contributed by atoms with Crippen LogP contribution in [0.1, 0.15) is 5.56 Å². The van der Waals surface area contributed by atoms with E-state index < -0.39 is 0 Å². The smallest absolute Gasteiger partial charge is 0.120 e. The van der Waals surface area contributed by atoms with Crippen molar-refractivity contribution in [2.24, 2.45) is 0 Å². The van der Waals surface area contributed by atoms with E-state index in [1.807, 2.05) is 18.4 Å². The maximum Gasteiger partial charge on any atom is 0.120 e. The zero-order valence-corrected chi connectivity index (χ0v) is 9.11. The normalized spacial score (nSPS) is 10.1. The summed E-state index contributed by atoms with van der Waals surface area (Å²) in [5, 5.41) is 0.666. The fraction of sp³-hybridized carbons (Fsp3) is 0.333. The van der Waals surface area contributed by atoms with Gasteiger partial charge in [-0.3, -0.25) is 0 Å². The van der Waals surface area contributed by atoms with Crippen molar-refractivity contribution in [2.75, 3.05) is 13.4 Å². The topological polar surface area (TPSA) is 18.5 Å². The average molecular weight is 219 g/mol. The van der Waals surface area contributed by atoms with Gasteiger partial charge in [0.05, 0.1) is 13.7 Å². The van der Waals surface area contributed by atoms with Crippen LogP contribution in [0, 0.1) is 0 Å². The number of rotatable bonds is 4. The van der Waals surface area contributed by atoms with Gasteiger partial charge in [0, 0.05) is 11.3 Å². The third-order valence-electron chi connectivity index (χ3n) is 1.51. The van der Waals surface area contributed by atoms with Crippen molar-refractivity contribution in [1.29, 1.82) is 0 Å². The maximum atomic E-state index is 5.87. The standard InChI is InChI=1S/C9H11ClO2S/c1-11-9-4-7(6-12-13-2)3-8(10)5-9/h3-5H,6H2,1-2H3. The van der Waals surface area contributed by atoms with Crippen molar-refractivity contribution in [3.05, 3.63) is 28.8 Å². The van der Waals surface area contributed by atoms with Crippen LogP contribution < -0.4 is 4.74 Å². The minimum atomic E-state index is 0.540. The van der Waals surface area contributed by atoms with E-state index >= 15 is 0 Å². The molecule has 1 rings (SSSR count). The van der Waals surface area contributed by atoms with E-state index in [9.17, 15) is 0 Å². The van der Waals surface area contributed by atoms with Crippen molar-refractivity contribution >= 4 is 23.6 Å². The molecule has 1 aromatic carbocycles. The first-order valence-corrected chi connectivity index (χ1v) is 5.28. The summed E-state index contributed by atoms with van der Waals surface area (Å²) in [5.74, 6) is 0.757. The first-order valence-electron chi connectivity index (χ1n) is 3.75. The van der Waals surface area contributed by atoms with Crippen LogP contribution >= 0.6 is 23.6 Å². The molecule has 4 heteroatoms. The molecule has 1 aromatic rings. The van der Waals surface area contributed by atoms with Crippen LogP contribution in [0.2, 0.25) is 5.02 Å². The lowest BCUT2D eigenvalue weighted by Gasteiger charge is -2.04. The molecule has 0 fully saturated rings. The molecular formula is C9H11ClO2S. The summed E-state index contributed by atoms with van der Waals surface area (Å²) in [6, 6.07) is 5.53. The molecule has 0 radical (unpaired) electrons. The molecule has 0 spiro atoms. The lowest BCUT2D eigenvalue weighted by Crippen LogP contribution is -1.89. The molecule has 13 heavy (non-hydrogen) atoms. The molecule has 0 unspecified atom stereocenters. The Balaban J connectivity index is 2.76. The minimum absolute atomic E-state index is 0.540. The lowest BCUT2D eigenvalue weighted by molar-refractivity contribution is 0.363. The Morgan fingerprint density at radius 1 is 1.38 bits per heavy atom. The Kier molecular flexibility index (Phi) is 4.42. The SMILES string of the molecule is COc1cc(Cl)cc(COSC)c1. The first-order chi connectivity index (χ1) is 6.26. The third-order valence-corrected chi connectivity index (χ3v) is 2.08. The van der Waals surface area contributed by atoms with Gasteiger partial charge >= 0.3 is 0 Å². The number of ether oxygens (including phenoxy) is 1. The molecule has 0 aliphatic carbocycles. The molecule has 0 saturated carbocycles. The van der Waals surface area contributed by atoms with Crippen molar-refractivity contribution in [1.82, 2.24) is 0 Å². The van der Waals surface area contributed by atoms with Gasteiger partial charge in [-0.25, -0.2) is 0 Å². The molecule has 0 aliphatic rings. The summed E-state index contributed by atoms with van der Waals surface area (Å²) in [4.78, 5) is 0. The molecule has 0 atom stereocenters. The van der Waals surface area contributed by atoms with Gasteiger partial charge < -0.3 is 8.92 Å². The molecule has 2 nitrogen and oxygen atoms in total. The van der Waals surface area contributed by atoms with Crippen molar-refractivity contribution in [3.8, 4) is 5.75 Å². The molecule has 0 bridgehead atoms. The molecule has 0 aliphatic heterocycles. The number of benzene rings is 1. The Hall–Kier alpha value is -0.380. The van der Waals surface area contributed by atoms with Gasteiger partial charge in [-0.15, -0.1) is 0 Å². The van der Waals surface area contributed by atoms with Crippen LogP contribution in [-0.4, -0.2) is 13.4 Å². The minimum Gasteiger partial charge on any atom is -0.497 e. The zero-order chi connectivity index (χ0) is 9.68. The first kappa shape index (κ1) is 10.7. The molecule has 72 valence electrons. The van der Waals surface area contributed by atoms with Crippen molar-refractivity contribution in [3.63, 3.8) is 0 Å². The van der Waals surface area contributed by atoms with E-state index in [1.54, 1.807) is 13.2 Å². The zero-order valence-electron chi connectivity index (χ0n) is 7.54. The second-order valence-electron chi connectivity index (χ2n) is 2.43. The van der Waals surface area contributed by atoms with Gasteiger partial charge in [-0.2, -0.15) is 0 Å². The van der Waals surface area contributed by atoms with E-state index in [1.165, 1.54) is 12.0 Å². The van der Waals surface area contributed by atoms with Gasteiger partial charge in [0.15, 0.2) is 0 Å². The highest BCUT2D eigenvalue weighted by atomic mass is 35.5. The summed E-state index contributed by atoms with van der Waals surface area (Å²) in [6.45, 7) is 0.540. The Bertz CT molecular complexity index is 278. The molecule has 0 heterocycles. The number of methoxy groups -OCH3 is 1. The van der Waals surface area contributed by atoms with Gasteiger partial charge in [-0.05, 0) is 35.8 Å². The van der Waals surface area contributed by atoms with Gasteiger partial charge in [0.2, 0.25) is 0 Å². The molecule has 0 aromatic heterocycles. The molecular weight excluding hydrogens is 208 g/mol. The van der Waals surface area contributed by atoms with Crippen molar-refractivity contribution < 1.29 is 8.92 Å². The molecule has 0 amide bonds. The fourth-order valence-corrected chi connectivity index (χ4v) is 1.45. The van der Waals surface area contributed by atoms with Crippen LogP contribution in [0.3, 0.4) is 0 Å². The Labute approximate surface area is 87.4 Å². The van der Waals surface area contributed by atoms with E-state index in [4.69, 9.17) is 20.5 Å². The Morgan fingerprint density at radius 2 is 2.15 bits per heavy atom. The number of hydrogen-bond acceptors (Lipinski definition) is 3. The highest BCUT2D eigenvalue weighted by Gasteiger charge is 1.99. The maximum absolute atomic E-state index is 5.87. The second-order valence-corrected chi connectivity index (χ2v) is 3.43. The van der Waals surface area contributed by atoms with Crippen LogP contribution in [0.4, 0.5) is 0 Å². The van der Waals surface area contributed by atoms with Crippen LogP contribution in [0.25, 0.3) is 0 Å². The predicted octanol–water partition coefficient (Wildman–Crippen LogP) is 3.14. The highest BCUT2D eigenvalue weighted by molar-refractivity contribution is 7.93. The average Bonchev–Trinajstić information content (AvgIpc) is 2.14. The highest BCUT2D eigenvalue weighted by Crippen LogP contribution is 2.21.